The fourth-order valence-electron chi connectivity index (χ4n) is 4.04. The van der Waals surface area contributed by atoms with Crippen molar-refractivity contribution in [1.29, 1.82) is 0 Å². The first-order chi connectivity index (χ1) is 15.3. The molecule has 7 nitrogen and oxygen atoms in total. The maximum Gasteiger partial charge on any atom is 0.222 e. The minimum atomic E-state index is -0.712. The Bertz CT molecular complexity index is 1270. The molecule has 1 saturated heterocycles. The highest BCUT2D eigenvalue weighted by molar-refractivity contribution is 7.22. The first-order valence-corrected chi connectivity index (χ1v) is 11.3. The van der Waals surface area contributed by atoms with Gasteiger partial charge in [-0.3, -0.25) is 9.78 Å². The predicted octanol–water partition coefficient (Wildman–Crippen LogP) is 4.06. The van der Waals surface area contributed by atoms with E-state index in [1.165, 1.54) is 11.3 Å². The van der Waals surface area contributed by atoms with Crippen LogP contribution in [0, 0.1) is 0 Å². The number of carbonyl (C=O) groups excluding carboxylic acids is 1. The van der Waals surface area contributed by atoms with Gasteiger partial charge in [0.25, 0.3) is 0 Å². The molecule has 1 atom stereocenters. The number of likely N-dealkylation sites (tertiary alicyclic amines) is 1. The zero-order valence-electron chi connectivity index (χ0n) is 18.0. The number of hydrogen-bond acceptors (Lipinski definition) is 6. The molecule has 4 heterocycles. The van der Waals surface area contributed by atoms with Crippen molar-refractivity contribution in [3.05, 3.63) is 54.0 Å². The van der Waals surface area contributed by atoms with Crippen molar-refractivity contribution in [3.63, 3.8) is 0 Å². The van der Waals surface area contributed by atoms with Crippen molar-refractivity contribution in [3.8, 4) is 16.5 Å². The number of imidazole rings is 1. The van der Waals surface area contributed by atoms with E-state index in [4.69, 9.17) is 10.5 Å². The van der Waals surface area contributed by atoms with Gasteiger partial charge in [0.1, 0.15) is 17.4 Å². The van der Waals surface area contributed by atoms with E-state index < -0.39 is 5.54 Å². The molecule has 0 spiro atoms. The summed E-state index contributed by atoms with van der Waals surface area (Å²) in [6.45, 7) is 3.12. The zero-order valence-corrected chi connectivity index (χ0v) is 18.8. The van der Waals surface area contributed by atoms with Crippen LogP contribution in [0.4, 0.5) is 4.39 Å². The first-order valence-electron chi connectivity index (χ1n) is 10.5. The lowest BCUT2D eigenvalue weighted by atomic mass is 9.93. The minimum absolute atomic E-state index is 0.0956. The molecule has 2 aliphatic rings. The van der Waals surface area contributed by atoms with Crippen LogP contribution < -0.4 is 10.5 Å². The average molecular weight is 454 g/mol. The molecule has 0 saturated carbocycles. The second-order valence-corrected chi connectivity index (χ2v) is 9.62. The van der Waals surface area contributed by atoms with Gasteiger partial charge in [-0.2, -0.15) is 0 Å². The van der Waals surface area contributed by atoms with E-state index in [9.17, 15) is 9.18 Å². The molecule has 166 valence electrons. The molecule has 0 aromatic carbocycles. The molecular formula is C23H24FN5O2S. The summed E-state index contributed by atoms with van der Waals surface area (Å²) < 4.78 is 23.3. The third-order valence-corrected chi connectivity index (χ3v) is 6.98. The van der Waals surface area contributed by atoms with Crippen LogP contribution in [-0.2, 0) is 18.4 Å². The number of pyridine rings is 1. The van der Waals surface area contributed by atoms with Crippen molar-refractivity contribution < 1.29 is 13.9 Å². The number of amides is 1. The summed E-state index contributed by atoms with van der Waals surface area (Å²) in [5.41, 5.74) is 7.02. The van der Waals surface area contributed by atoms with Crippen molar-refractivity contribution >= 4 is 27.5 Å². The molecule has 1 aliphatic carbocycles. The number of rotatable bonds is 5. The van der Waals surface area contributed by atoms with Crippen LogP contribution in [0.2, 0.25) is 0 Å². The summed E-state index contributed by atoms with van der Waals surface area (Å²) in [6.07, 6.45) is 8.42. The van der Waals surface area contributed by atoms with Gasteiger partial charge in [0, 0.05) is 44.2 Å². The third kappa shape index (κ3) is 3.82. The van der Waals surface area contributed by atoms with Crippen LogP contribution in [0.15, 0.2) is 48.3 Å². The molecule has 1 amide bonds. The summed E-state index contributed by atoms with van der Waals surface area (Å²) in [5.74, 6) is 1.32. The number of ether oxygens (including phenoxy) is 1. The summed E-state index contributed by atoms with van der Waals surface area (Å²) in [6, 6.07) is 3.69. The Morgan fingerprint density at radius 3 is 2.97 bits per heavy atom. The van der Waals surface area contributed by atoms with Gasteiger partial charge in [0.05, 0.1) is 33.5 Å². The highest BCUT2D eigenvalue weighted by Gasteiger charge is 2.26. The number of nitrogens with zero attached hydrogens (tertiary/aromatic N) is 4. The number of aromatic nitrogens is 3. The zero-order chi connectivity index (χ0) is 22.5. The highest BCUT2D eigenvalue weighted by Crippen LogP contribution is 2.39. The number of halogens is 1. The molecule has 0 bridgehead atoms. The van der Waals surface area contributed by atoms with Gasteiger partial charge in [0.15, 0.2) is 5.76 Å². The lowest BCUT2D eigenvalue weighted by molar-refractivity contribution is -0.128. The van der Waals surface area contributed by atoms with Crippen molar-refractivity contribution in [2.45, 2.75) is 38.3 Å². The predicted molar refractivity (Wildman–Crippen MR) is 122 cm³/mol. The van der Waals surface area contributed by atoms with E-state index >= 15 is 0 Å². The second-order valence-electron chi connectivity index (χ2n) is 8.57. The highest BCUT2D eigenvalue weighted by atomic mass is 32.1. The summed E-state index contributed by atoms with van der Waals surface area (Å²) in [7, 11) is 1.95. The lowest BCUT2D eigenvalue weighted by Crippen LogP contribution is -2.35. The number of allylic oxidation sites excluding steroid dienone is 1. The molecular weight excluding hydrogens is 429 g/mol. The Labute approximate surface area is 189 Å². The van der Waals surface area contributed by atoms with Crippen LogP contribution in [0.3, 0.4) is 0 Å². The van der Waals surface area contributed by atoms with Crippen molar-refractivity contribution in [1.82, 2.24) is 19.4 Å². The number of thiophene rings is 1. The van der Waals surface area contributed by atoms with E-state index in [0.717, 1.165) is 39.6 Å². The number of nitrogens with two attached hydrogens (primary N) is 1. The Morgan fingerprint density at radius 1 is 1.38 bits per heavy atom. The largest absolute Gasteiger partial charge is 0.453 e. The van der Waals surface area contributed by atoms with Crippen LogP contribution >= 0.6 is 11.3 Å². The smallest absolute Gasteiger partial charge is 0.222 e. The Balaban J connectivity index is 1.44. The molecule has 1 fully saturated rings. The van der Waals surface area contributed by atoms with E-state index in [2.05, 4.69) is 9.97 Å². The lowest BCUT2D eigenvalue weighted by Gasteiger charge is -2.24. The van der Waals surface area contributed by atoms with Gasteiger partial charge in [0.2, 0.25) is 5.91 Å². The van der Waals surface area contributed by atoms with Gasteiger partial charge < -0.3 is 19.9 Å². The fraction of sp³-hybridized carbons (Fsp3) is 0.348. The summed E-state index contributed by atoms with van der Waals surface area (Å²) in [5, 5.41) is 0. The molecule has 3 aromatic heterocycles. The SMILES string of the molecule is Cn1c(CN2CCCC2=O)cnc1-c1cc2nccc(OC3=C(F)CC(C)(N)C=C3)c2s1. The molecule has 5 rings (SSSR count). The topological polar surface area (TPSA) is 86.3 Å². The van der Waals surface area contributed by atoms with E-state index in [1.807, 2.05) is 28.8 Å². The molecule has 9 heteroatoms. The van der Waals surface area contributed by atoms with Crippen LogP contribution in [0.5, 0.6) is 5.75 Å². The Kier molecular flexibility index (Phi) is 5.10. The first kappa shape index (κ1) is 20.8. The third-order valence-electron chi connectivity index (χ3n) is 5.84. The normalized spacial score (nSPS) is 21.2. The standard InChI is InChI=1S/C23H24FN5O2S/c1-23(25)7-5-17(15(24)11-23)31-18-6-8-26-16-10-19(32-21(16)18)22-27-12-14(28(22)2)13-29-9-3-4-20(29)30/h5-8,10,12H,3-4,9,11,13,25H2,1-2H3. The van der Waals surface area contributed by atoms with Gasteiger partial charge in [-0.1, -0.05) is 6.08 Å². The van der Waals surface area contributed by atoms with E-state index in [0.29, 0.717) is 18.7 Å². The fourth-order valence-corrected chi connectivity index (χ4v) is 5.14. The van der Waals surface area contributed by atoms with Gasteiger partial charge in [-0.25, -0.2) is 9.37 Å². The van der Waals surface area contributed by atoms with Crippen LogP contribution in [0.25, 0.3) is 20.9 Å². The molecule has 32 heavy (non-hydrogen) atoms. The van der Waals surface area contributed by atoms with E-state index in [-0.39, 0.29) is 23.9 Å². The maximum atomic E-state index is 14.5. The number of hydrogen-bond donors (Lipinski definition) is 1. The summed E-state index contributed by atoms with van der Waals surface area (Å²) >= 11 is 1.49. The average Bonchev–Trinajstić information content (AvgIpc) is 3.44. The Morgan fingerprint density at radius 2 is 2.22 bits per heavy atom. The second kappa shape index (κ2) is 7.83. The molecule has 2 N–H and O–H groups in total. The van der Waals surface area contributed by atoms with E-state index in [1.54, 1.807) is 31.3 Å². The molecule has 1 aliphatic heterocycles. The minimum Gasteiger partial charge on any atom is -0.453 e. The van der Waals surface area contributed by atoms with Gasteiger partial charge in [-0.05, 0) is 25.5 Å². The molecule has 1 unspecified atom stereocenters. The van der Waals surface area contributed by atoms with Gasteiger partial charge >= 0.3 is 0 Å². The van der Waals surface area contributed by atoms with Gasteiger partial charge in [-0.15, -0.1) is 11.3 Å². The van der Waals surface area contributed by atoms with Crippen molar-refractivity contribution in [2.75, 3.05) is 6.54 Å². The van der Waals surface area contributed by atoms with Crippen molar-refractivity contribution in [2.24, 2.45) is 12.8 Å². The molecule has 3 aromatic rings. The Hall–Kier alpha value is -3.04. The van der Waals surface area contributed by atoms with Crippen LogP contribution in [0.1, 0.15) is 31.9 Å². The maximum absolute atomic E-state index is 14.5. The van der Waals surface area contributed by atoms with Crippen LogP contribution in [-0.4, -0.2) is 37.4 Å². The number of carbonyl (C=O) groups is 1. The monoisotopic (exact) mass is 453 g/mol. The summed E-state index contributed by atoms with van der Waals surface area (Å²) in [4.78, 5) is 23.8. The number of fused-ring (bicyclic) bond motifs is 1. The molecule has 0 radical (unpaired) electrons. The quantitative estimate of drug-likeness (QED) is 0.630.